The van der Waals surface area contributed by atoms with Crippen LogP contribution in [0.5, 0.6) is 5.88 Å². The minimum atomic E-state index is -0.0316. The molecule has 3 heterocycles. The molecule has 3 rings (SSSR count). The van der Waals surface area contributed by atoms with E-state index in [1.54, 1.807) is 18.7 Å². The number of aliphatic hydroxyl groups excluding tert-OH is 1. The number of furan rings is 1. The Kier molecular flexibility index (Phi) is 3.83. The number of nitrogens with zero attached hydrogens (tertiary/aromatic N) is 3. The van der Waals surface area contributed by atoms with Crippen LogP contribution < -0.4 is 9.64 Å². The molecule has 1 saturated heterocycles. The van der Waals surface area contributed by atoms with Gasteiger partial charge in [-0.05, 0) is 18.6 Å². The summed E-state index contributed by atoms with van der Waals surface area (Å²) >= 11 is 0. The summed E-state index contributed by atoms with van der Waals surface area (Å²) in [6.07, 6.45) is 6.04. The Morgan fingerprint density at radius 1 is 1.45 bits per heavy atom. The lowest BCUT2D eigenvalue weighted by Gasteiger charge is -2.17. The zero-order valence-corrected chi connectivity index (χ0v) is 11.1. The van der Waals surface area contributed by atoms with Crippen molar-refractivity contribution in [2.45, 2.75) is 12.3 Å². The Labute approximate surface area is 117 Å². The van der Waals surface area contributed by atoms with E-state index in [0.29, 0.717) is 11.8 Å². The molecule has 106 valence electrons. The number of aliphatic hydroxyl groups is 1. The SMILES string of the molecule is OCCOc1cncc(N2CCC(c3ccco3)C2)n1. The predicted molar refractivity (Wildman–Crippen MR) is 72.9 cm³/mol. The van der Waals surface area contributed by atoms with Crippen molar-refractivity contribution in [2.75, 3.05) is 31.2 Å². The fraction of sp³-hybridized carbons (Fsp3) is 0.429. The smallest absolute Gasteiger partial charge is 0.234 e. The molecule has 2 aromatic heterocycles. The van der Waals surface area contributed by atoms with Gasteiger partial charge in [-0.3, -0.25) is 4.98 Å². The molecule has 6 nitrogen and oxygen atoms in total. The molecule has 0 amide bonds. The summed E-state index contributed by atoms with van der Waals surface area (Å²) in [6, 6.07) is 3.93. The summed E-state index contributed by atoms with van der Waals surface area (Å²) < 4.78 is 10.7. The largest absolute Gasteiger partial charge is 0.474 e. The molecule has 1 aliphatic rings. The maximum absolute atomic E-state index is 8.75. The molecule has 1 atom stereocenters. The summed E-state index contributed by atoms with van der Waals surface area (Å²) in [5.74, 6) is 2.66. The lowest BCUT2D eigenvalue weighted by Crippen LogP contribution is -2.20. The first kappa shape index (κ1) is 12.9. The highest BCUT2D eigenvalue weighted by molar-refractivity contribution is 5.40. The highest BCUT2D eigenvalue weighted by atomic mass is 16.5. The molecule has 0 saturated carbocycles. The Bertz CT molecular complexity index is 544. The summed E-state index contributed by atoms with van der Waals surface area (Å²) in [5, 5.41) is 8.75. The molecule has 1 aliphatic heterocycles. The third-order valence-electron chi connectivity index (χ3n) is 3.40. The lowest BCUT2D eigenvalue weighted by molar-refractivity contribution is 0.196. The maximum Gasteiger partial charge on any atom is 0.234 e. The van der Waals surface area contributed by atoms with E-state index >= 15 is 0 Å². The number of ether oxygens (including phenoxy) is 1. The van der Waals surface area contributed by atoms with Gasteiger partial charge < -0.3 is 19.2 Å². The zero-order valence-electron chi connectivity index (χ0n) is 11.1. The van der Waals surface area contributed by atoms with Crippen molar-refractivity contribution in [3.05, 3.63) is 36.5 Å². The molecular formula is C14H17N3O3. The fourth-order valence-electron chi connectivity index (χ4n) is 2.43. The van der Waals surface area contributed by atoms with Gasteiger partial charge in [0.1, 0.15) is 12.4 Å². The van der Waals surface area contributed by atoms with Crippen LogP contribution in [0.3, 0.4) is 0 Å². The standard InChI is InChI=1S/C14H17N3O3/c18-5-7-20-14-9-15-8-13(16-14)17-4-3-11(10-17)12-2-1-6-19-12/h1-2,6,8-9,11,18H,3-5,7,10H2. The van der Waals surface area contributed by atoms with Gasteiger partial charge in [0.15, 0.2) is 5.82 Å². The van der Waals surface area contributed by atoms with Crippen molar-refractivity contribution in [1.82, 2.24) is 9.97 Å². The minimum Gasteiger partial charge on any atom is -0.474 e. The van der Waals surface area contributed by atoms with Crippen molar-refractivity contribution in [3.8, 4) is 5.88 Å². The Balaban J connectivity index is 1.68. The number of anilines is 1. The first-order valence-corrected chi connectivity index (χ1v) is 6.71. The number of aromatic nitrogens is 2. The zero-order chi connectivity index (χ0) is 13.8. The van der Waals surface area contributed by atoms with Gasteiger partial charge >= 0.3 is 0 Å². The summed E-state index contributed by atoms with van der Waals surface area (Å²) in [6.45, 7) is 1.98. The molecule has 6 heteroatoms. The van der Waals surface area contributed by atoms with E-state index in [-0.39, 0.29) is 13.2 Å². The minimum absolute atomic E-state index is 0.0316. The van der Waals surface area contributed by atoms with Gasteiger partial charge in [0.25, 0.3) is 0 Å². The van der Waals surface area contributed by atoms with Crippen LogP contribution in [0.2, 0.25) is 0 Å². The molecule has 0 aliphatic carbocycles. The number of hydrogen-bond acceptors (Lipinski definition) is 6. The second kappa shape index (κ2) is 5.92. The van der Waals surface area contributed by atoms with Crippen LogP contribution in [-0.2, 0) is 0 Å². The number of rotatable bonds is 5. The Morgan fingerprint density at radius 3 is 3.20 bits per heavy atom. The van der Waals surface area contributed by atoms with Crippen molar-refractivity contribution in [2.24, 2.45) is 0 Å². The molecule has 2 aromatic rings. The molecule has 1 fully saturated rings. The topological polar surface area (TPSA) is 71.6 Å². The second-order valence-electron chi connectivity index (χ2n) is 4.73. The average molecular weight is 275 g/mol. The Morgan fingerprint density at radius 2 is 2.40 bits per heavy atom. The molecule has 20 heavy (non-hydrogen) atoms. The average Bonchev–Trinajstić information content (AvgIpc) is 3.15. The van der Waals surface area contributed by atoms with E-state index in [0.717, 1.165) is 31.1 Å². The van der Waals surface area contributed by atoms with Crippen LogP contribution in [0.4, 0.5) is 5.82 Å². The van der Waals surface area contributed by atoms with Gasteiger partial charge in [0.05, 0.1) is 25.3 Å². The molecule has 1 unspecified atom stereocenters. The number of hydrogen-bond donors (Lipinski definition) is 1. The second-order valence-corrected chi connectivity index (χ2v) is 4.73. The van der Waals surface area contributed by atoms with Crippen LogP contribution in [0, 0.1) is 0 Å². The van der Waals surface area contributed by atoms with Crippen LogP contribution in [-0.4, -0.2) is 41.4 Å². The van der Waals surface area contributed by atoms with E-state index in [2.05, 4.69) is 14.9 Å². The van der Waals surface area contributed by atoms with Crippen LogP contribution in [0.25, 0.3) is 0 Å². The first-order valence-electron chi connectivity index (χ1n) is 6.71. The van der Waals surface area contributed by atoms with E-state index in [9.17, 15) is 0 Å². The highest BCUT2D eigenvalue weighted by Gasteiger charge is 2.26. The van der Waals surface area contributed by atoms with Crippen LogP contribution in [0.1, 0.15) is 18.1 Å². The fourth-order valence-corrected chi connectivity index (χ4v) is 2.43. The van der Waals surface area contributed by atoms with Crippen LogP contribution in [0.15, 0.2) is 35.2 Å². The quantitative estimate of drug-likeness (QED) is 0.890. The van der Waals surface area contributed by atoms with Gasteiger partial charge in [0, 0.05) is 19.0 Å². The summed E-state index contributed by atoms with van der Waals surface area (Å²) in [4.78, 5) is 10.7. The summed E-state index contributed by atoms with van der Waals surface area (Å²) in [7, 11) is 0. The van der Waals surface area contributed by atoms with Crippen LogP contribution >= 0.6 is 0 Å². The maximum atomic E-state index is 8.75. The van der Waals surface area contributed by atoms with E-state index in [1.807, 2.05) is 12.1 Å². The third-order valence-corrected chi connectivity index (χ3v) is 3.40. The van der Waals surface area contributed by atoms with E-state index < -0.39 is 0 Å². The molecule has 0 spiro atoms. The lowest BCUT2D eigenvalue weighted by atomic mass is 10.1. The Hall–Kier alpha value is -2.08. The monoisotopic (exact) mass is 275 g/mol. The van der Waals surface area contributed by atoms with Gasteiger partial charge in [-0.2, -0.15) is 4.98 Å². The molecule has 1 N–H and O–H groups in total. The molecule has 0 aromatic carbocycles. The van der Waals surface area contributed by atoms with E-state index in [4.69, 9.17) is 14.3 Å². The molecule has 0 radical (unpaired) electrons. The summed E-state index contributed by atoms with van der Waals surface area (Å²) in [5.41, 5.74) is 0. The van der Waals surface area contributed by atoms with Crippen molar-refractivity contribution < 1.29 is 14.3 Å². The normalized spacial score (nSPS) is 18.4. The van der Waals surface area contributed by atoms with Gasteiger partial charge in [-0.25, -0.2) is 0 Å². The third kappa shape index (κ3) is 2.75. The van der Waals surface area contributed by atoms with Gasteiger partial charge in [0.2, 0.25) is 5.88 Å². The first-order chi connectivity index (χ1) is 9.86. The predicted octanol–water partition coefficient (Wildman–Crippen LogP) is 1.43. The van der Waals surface area contributed by atoms with Crippen molar-refractivity contribution in [3.63, 3.8) is 0 Å². The van der Waals surface area contributed by atoms with Crippen molar-refractivity contribution >= 4 is 5.82 Å². The van der Waals surface area contributed by atoms with Gasteiger partial charge in [-0.15, -0.1) is 0 Å². The highest BCUT2D eigenvalue weighted by Crippen LogP contribution is 2.30. The molecule has 0 bridgehead atoms. The van der Waals surface area contributed by atoms with Gasteiger partial charge in [-0.1, -0.05) is 0 Å². The van der Waals surface area contributed by atoms with E-state index in [1.165, 1.54) is 0 Å². The van der Waals surface area contributed by atoms with Crippen molar-refractivity contribution in [1.29, 1.82) is 0 Å². The molecular weight excluding hydrogens is 258 g/mol.